The maximum Gasteiger partial charge on any atom is 0.247 e. The molecule has 2 N–H and O–H groups in total. The molecular formula is C34H34N6O4. The van der Waals surface area contributed by atoms with Crippen molar-refractivity contribution >= 4 is 47.2 Å². The van der Waals surface area contributed by atoms with Gasteiger partial charge in [-0.2, -0.15) is 10.5 Å². The highest BCUT2D eigenvalue weighted by atomic mass is 16.2. The molecule has 10 nitrogen and oxygen atoms in total. The molecule has 0 radical (unpaired) electrons. The van der Waals surface area contributed by atoms with Crippen LogP contribution < -0.4 is 10.6 Å². The molecule has 2 saturated heterocycles. The normalized spacial score (nSPS) is 22.6. The summed E-state index contributed by atoms with van der Waals surface area (Å²) in [7, 11) is 0. The lowest BCUT2D eigenvalue weighted by molar-refractivity contribution is -0.139. The Morgan fingerprint density at radius 3 is 1.34 bits per heavy atom. The Bertz CT molecular complexity index is 1470. The van der Waals surface area contributed by atoms with Gasteiger partial charge in [-0.1, -0.05) is 36.4 Å². The number of anilines is 2. The zero-order chi connectivity index (χ0) is 30.9. The average Bonchev–Trinajstić information content (AvgIpc) is 3.91. The monoisotopic (exact) mass is 590 g/mol. The van der Waals surface area contributed by atoms with E-state index in [0.29, 0.717) is 63.0 Å². The first-order chi connectivity index (χ1) is 21.3. The fraction of sp³-hybridized carbons (Fsp3) is 0.412. The second-order valence-electron chi connectivity index (χ2n) is 12.3. The fourth-order valence-electron chi connectivity index (χ4n) is 6.11. The third kappa shape index (κ3) is 5.68. The van der Waals surface area contributed by atoms with Gasteiger partial charge in [0, 0.05) is 24.5 Å². The number of nitrogens with one attached hydrogen (secondary N) is 2. The highest BCUT2D eigenvalue weighted by Crippen LogP contribution is 2.48. The lowest BCUT2D eigenvalue weighted by Crippen LogP contribution is -2.46. The Hall–Kier alpha value is -4.96. The fourth-order valence-corrected chi connectivity index (χ4v) is 6.11. The van der Waals surface area contributed by atoms with Gasteiger partial charge < -0.3 is 20.4 Å². The summed E-state index contributed by atoms with van der Waals surface area (Å²) in [5.74, 6) is -0.907. The van der Waals surface area contributed by atoms with E-state index in [0.717, 1.165) is 24.0 Å². The molecule has 0 bridgehead atoms. The molecular weight excluding hydrogens is 556 g/mol. The van der Waals surface area contributed by atoms with Crippen LogP contribution in [0.25, 0.3) is 12.2 Å². The number of likely N-dealkylation sites (tertiary alicyclic amines) is 2. The van der Waals surface area contributed by atoms with Crippen molar-refractivity contribution in [1.82, 2.24) is 9.80 Å². The predicted molar refractivity (Wildman–Crippen MR) is 163 cm³/mol. The standard InChI is InChI=1S/C34H34N6O4/c35-21-33(15-16-33)31(43)39-19-1-3-27(39)29(41)37-25-11-7-23(8-12-25)5-6-24-9-13-26(14-10-24)38-30(42)28-4-2-20-40(28)32(44)34(22-36)17-18-34/h5-14,27-28H,1-4,15-20H2,(H,37,41)(H,38,42)/t27-,28-/m0/s1. The highest BCUT2D eigenvalue weighted by Gasteiger charge is 2.55. The van der Waals surface area contributed by atoms with Crippen molar-refractivity contribution in [3.05, 3.63) is 59.7 Å². The van der Waals surface area contributed by atoms with Crippen LogP contribution in [0.5, 0.6) is 0 Å². The molecule has 10 heteroatoms. The molecule has 4 aliphatic rings. The van der Waals surface area contributed by atoms with Crippen molar-refractivity contribution in [1.29, 1.82) is 10.5 Å². The molecule has 4 amide bonds. The molecule has 224 valence electrons. The van der Waals surface area contributed by atoms with Crippen LogP contribution in [0.2, 0.25) is 0 Å². The van der Waals surface area contributed by atoms with Crippen LogP contribution in [0.3, 0.4) is 0 Å². The van der Waals surface area contributed by atoms with Crippen molar-refractivity contribution < 1.29 is 19.2 Å². The smallest absolute Gasteiger partial charge is 0.247 e. The van der Waals surface area contributed by atoms with E-state index in [-0.39, 0.29) is 23.6 Å². The van der Waals surface area contributed by atoms with Crippen LogP contribution in [-0.2, 0) is 19.2 Å². The summed E-state index contributed by atoms with van der Waals surface area (Å²) in [5, 5.41) is 24.6. The average molecular weight is 591 g/mol. The van der Waals surface area contributed by atoms with Crippen LogP contribution in [0.15, 0.2) is 48.5 Å². The number of nitrogens with zero attached hydrogens (tertiary/aromatic N) is 4. The SMILES string of the molecule is N#CC1(C(=O)N2CCC[C@H]2C(=O)Nc2ccc(C=Cc3ccc(NC(=O)[C@@H]4CCCN4C(=O)C4(C#N)CC4)cc3)cc2)CC1. The predicted octanol–water partition coefficient (Wildman–Crippen LogP) is 4.32. The maximum atomic E-state index is 13.0. The van der Waals surface area contributed by atoms with Crippen LogP contribution in [0, 0.1) is 33.5 Å². The van der Waals surface area contributed by atoms with Gasteiger partial charge in [0.05, 0.1) is 12.1 Å². The van der Waals surface area contributed by atoms with E-state index >= 15 is 0 Å². The van der Waals surface area contributed by atoms with Crippen molar-refractivity contribution in [3.63, 3.8) is 0 Å². The molecule has 6 rings (SSSR count). The van der Waals surface area contributed by atoms with E-state index in [2.05, 4.69) is 22.8 Å². The molecule has 2 aliphatic heterocycles. The van der Waals surface area contributed by atoms with Crippen LogP contribution in [-0.4, -0.2) is 58.6 Å². The van der Waals surface area contributed by atoms with Gasteiger partial charge in [-0.3, -0.25) is 19.2 Å². The second kappa shape index (κ2) is 11.6. The first-order valence-electron chi connectivity index (χ1n) is 15.2. The largest absolute Gasteiger partial charge is 0.329 e. The molecule has 4 fully saturated rings. The summed E-state index contributed by atoms with van der Waals surface area (Å²) in [6.45, 7) is 1.00. The summed E-state index contributed by atoms with van der Waals surface area (Å²) in [5.41, 5.74) is 1.27. The zero-order valence-corrected chi connectivity index (χ0v) is 24.4. The topological polar surface area (TPSA) is 146 Å². The van der Waals surface area contributed by atoms with Gasteiger partial charge >= 0.3 is 0 Å². The van der Waals surface area contributed by atoms with E-state index in [9.17, 15) is 29.7 Å². The minimum Gasteiger partial charge on any atom is -0.329 e. The second-order valence-corrected chi connectivity index (χ2v) is 12.3. The summed E-state index contributed by atoms with van der Waals surface area (Å²) >= 11 is 0. The number of carbonyl (C=O) groups excluding carboxylic acids is 4. The van der Waals surface area contributed by atoms with Crippen molar-refractivity contribution in [2.24, 2.45) is 10.8 Å². The number of carbonyl (C=O) groups is 4. The lowest BCUT2D eigenvalue weighted by Gasteiger charge is -2.25. The third-order valence-corrected chi connectivity index (χ3v) is 9.20. The van der Waals surface area contributed by atoms with E-state index in [4.69, 9.17) is 0 Å². The summed E-state index contributed by atoms with van der Waals surface area (Å²) in [4.78, 5) is 54.8. The number of hydrogen-bond acceptors (Lipinski definition) is 6. The number of amides is 4. The van der Waals surface area contributed by atoms with Crippen molar-refractivity contribution in [2.75, 3.05) is 23.7 Å². The Morgan fingerprint density at radius 1 is 0.659 bits per heavy atom. The van der Waals surface area contributed by atoms with Gasteiger partial charge in [-0.25, -0.2) is 0 Å². The summed E-state index contributed by atoms with van der Waals surface area (Å²) in [6.07, 6.45) is 8.81. The first kappa shape index (κ1) is 29.1. The molecule has 2 atom stereocenters. The number of hydrogen-bond donors (Lipinski definition) is 2. The van der Waals surface area contributed by atoms with Crippen LogP contribution in [0.1, 0.15) is 62.5 Å². The Balaban J connectivity index is 1.01. The Kier molecular flexibility index (Phi) is 7.69. The van der Waals surface area contributed by atoms with Crippen LogP contribution in [0.4, 0.5) is 11.4 Å². The molecule has 0 spiro atoms. The summed E-state index contributed by atoms with van der Waals surface area (Å²) in [6, 6.07) is 18.0. The molecule has 2 heterocycles. The van der Waals surface area contributed by atoms with Gasteiger partial charge in [-0.15, -0.1) is 0 Å². The Labute approximate surface area is 256 Å². The Morgan fingerprint density at radius 2 is 1.02 bits per heavy atom. The lowest BCUT2D eigenvalue weighted by atomic mass is 10.1. The van der Waals surface area contributed by atoms with E-state index in [1.54, 1.807) is 9.80 Å². The van der Waals surface area contributed by atoms with Gasteiger partial charge in [-0.05, 0) is 86.8 Å². The molecule has 2 aromatic carbocycles. The van der Waals surface area contributed by atoms with Crippen LogP contribution >= 0.6 is 0 Å². The van der Waals surface area contributed by atoms with E-state index < -0.39 is 22.9 Å². The molecule has 2 saturated carbocycles. The number of rotatable bonds is 8. The highest BCUT2D eigenvalue weighted by molar-refractivity contribution is 6.00. The van der Waals surface area contributed by atoms with Gasteiger partial charge in [0.2, 0.25) is 23.6 Å². The van der Waals surface area contributed by atoms with Gasteiger partial charge in [0.1, 0.15) is 22.9 Å². The van der Waals surface area contributed by atoms with E-state index in [1.807, 2.05) is 60.7 Å². The quantitative estimate of drug-likeness (QED) is 0.438. The third-order valence-electron chi connectivity index (χ3n) is 9.20. The maximum absolute atomic E-state index is 13.0. The van der Waals surface area contributed by atoms with Gasteiger partial charge in [0.25, 0.3) is 0 Å². The minimum atomic E-state index is -0.928. The van der Waals surface area contributed by atoms with Gasteiger partial charge in [0.15, 0.2) is 0 Å². The number of benzene rings is 2. The molecule has 0 unspecified atom stereocenters. The van der Waals surface area contributed by atoms with Crippen molar-refractivity contribution in [3.8, 4) is 12.1 Å². The minimum absolute atomic E-state index is 0.219. The molecule has 0 aromatic heterocycles. The molecule has 2 aliphatic carbocycles. The molecule has 2 aromatic rings. The molecule has 44 heavy (non-hydrogen) atoms. The van der Waals surface area contributed by atoms with Crippen molar-refractivity contribution in [2.45, 2.75) is 63.5 Å². The number of nitriles is 2. The first-order valence-corrected chi connectivity index (χ1v) is 15.2. The van der Waals surface area contributed by atoms with E-state index in [1.165, 1.54) is 0 Å². The summed E-state index contributed by atoms with van der Waals surface area (Å²) < 4.78 is 0. The zero-order valence-electron chi connectivity index (χ0n) is 24.4.